The Bertz CT molecular complexity index is 435. The molecule has 1 aliphatic rings. The smallest absolute Gasteiger partial charge is 0.260 e. The first-order chi connectivity index (χ1) is 8.14. The third kappa shape index (κ3) is 2.67. The van der Waals surface area contributed by atoms with Crippen molar-refractivity contribution in [1.82, 2.24) is 14.3 Å². The number of aromatic amines is 1. The Labute approximate surface area is 101 Å². The van der Waals surface area contributed by atoms with Gasteiger partial charge in [0.25, 0.3) is 10.0 Å². The van der Waals surface area contributed by atoms with E-state index in [0.717, 1.165) is 12.8 Å². The van der Waals surface area contributed by atoms with E-state index in [-0.39, 0.29) is 11.1 Å². The quantitative estimate of drug-likeness (QED) is 0.859. The van der Waals surface area contributed by atoms with Gasteiger partial charge >= 0.3 is 0 Å². The molecule has 0 saturated carbocycles. The molecule has 1 fully saturated rings. The van der Waals surface area contributed by atoms with Gasteiger partial charge in [-0.15, -0.1) is 0 Å². The van der Waals surface area contributed by atoms with E-state index < -0.39 is 10.0 Å². The van der Waals surface area contributed by atoms with Crippen LogP contribution in [0.5, 0.6) is 0 Å². The molecule has 0 bridgehead atoms. The highest BCUT2D eigenvalue weighted by Crippen LogP contribution is 2.20. The maximum atomic E-state index is 12.1. The zero-order valence-corrected chi connectivity index (χ0v) is 10.6. The van der Waals surface area contributed by atoms with Gasteiger partial charge < -0.3 is 9.72 Å². The predicted octanol–water partition coefficient (Wildman–Crippen LogP) is 0.599. The molecule has 2 heterocycles. The molecular formula is C10H17N3O3S. The van der Waals surface area contributed by atoms with Crippen molar-refractivity contribution < 1.29 is 13.2 Å². The van der Waals surface area contributed by atoms with Crippen molar-refractivity contribution in [2.24, 2.45) is 0 Å². The molecule has 1 saturated heterocycles. The Kier molecular flexibility index (Phi) is 3.80. The molecule has 0 atom stereocenters. The lowest BCUT2D eigenvalue weighted by molar-refractivity contribution is 0.0290. The highest BCUT2D eigenvalue weighted by atomic mass is 32.2. The maximum absolute atomic E-state index is 12.1. The van der Waals surface area contributed by atoms with E-state index in [9.17, 15) is 8.42 Å². The summed E-state index contributed by atoms with van der Waals surface area (Å²) < 4.78 is 31.2. The second kappa shape index (κ2) is 5.16. The standard InChI is InChI=1S/C10H17N3O3S/c1-2-16-9-3-5-13(6-4-9)17(14,15)10-7-11-8-12-10/h7-9H,2-6H2,1H3,(H,11,12). The van der Waals surface area contributed by atoms with Crippen molar-refractivity contribution >= 4 is 10.0 Å². The fraction of sp³-hybridized carbons (Fsp3) is 0.700. The molecule has 17 heavy (non-hydrogen) atoms. The molecule has 0 unspecified atom stereocenters. The Morgan fingerprint density at radius 1 is 1.53 bits per heavy atom. The molecule has 7 heteroatoms. The van der Waals surface area contributed by atoms with Crippen LogP contribution < -0.4 is 0 Å². The SMILES string of the molecule is CCOC1CCN(S(=O)(=O)c2cnc[nH]2)CC1. The monoisotopic (exact) mass is 259 g/mol. The second-order valence-electron chi connectivity index (χ2n) is 3.97. The molecule has 0 spiro atoms. The Morgan fingerprint density at radius 2 is 2.24 bits per heavy atom. The number of sulfonamides is 1. The summed E-state index contributed by atoms with van der Waals surface area (Å²) in [6.07, 6.45) is 4.40. The summed E-state index contributed by atoms with van der Waals surface area (Å²) in [7, 11) is -3.40. The maximum Gasteiger partial charge on any atom is 0.260 e. The first kappa shape index (κ1) is 12.5. The minimum absolute atomic E-state index is 0.160. The van der Waals surface area contributed by atoms with E-state index in [1.165, 1.54) is 16.8 Å². The molecule has 0 aliphatic carbocycles. The van der Waals surface area contributed by atoms with Crippen LogP contribution in [-0.4, -0.2) is 48.5 Å². The van der Waals surface area contributed by atoms with E-state index in [4.69, 9.17) is 4.74 Å². The largest absolute Gasteiger partial charge is 0.378 e. The number of hydrogen-bond donors (Lipinski definition) is 1. The summed E-state index contributed by atoms with van der Waals surface area (Å²) in [6.45, 7) is 3.64. The van der Waals surface area contributed by atoms with Crippen LogP contribution >= 0.6 is 0 Å². The summed E-state index contributed by atoms with van der Waals surface area (Å²) in [5.74, 6) is 0. The number of imidazole rings is 1. The van der Waals surface area contributed by atoms with E-state index >= 15 is 0 Å². The molecular weight excluding hydrogens is 242 g/mol. The number of ether oxygens (including phenoxy) is 1. The fourth-order valence-electron chi connectivity index (χ4n) is 2.00. The van der Waals surface area contributed by atoms with Gasteiger partial charge in [-0.1, -0.05) is 0 Å². The lowest BCUT2D eigenvalue weighted by Crippen LogP contribution is -2.40. The molecule has 0 aromatic carbocycles. The molecule has 1 N–H and O–H groups in total. The van der Waals surface area contributed by atoms with Crippen LogP contribution in [-0.2, 0) is 14.8 Å². The van der Waals surface area contributed by atoms with Gasteiger partial charge in [-0.05, 0) is 19.8 Å². The number of rotatable bonds is 4. The highest BCUT2D eigenvalue weighted by molar-refractivity contribution is 7.89. The average molecular weight is 259 g/mol. The molecule has 1 aromatic heterocycles. The van der Waals surface area contributed by atoms with Crippen LogP contribution in [0.15, 0.2) is 17.6 Å². The first-order valence-electron chi connectivity index (χ1n) is 5.74. The zero-order valence-electron chi connectivity index (χ0n) is 9.80. The van der Waals surface area contributed by atoms with Crippen LogP contribution in [0.2, 0.25) is 0 Å². The third-order valence-electron chi connectivity index (χ3n) is 2.89. The number of aromatic nitrogens is 2. The lowest BCUT2D eigenvalue weighted by Gasteiger charge is -2.30. The van der Waals surface area contributed by atoms with Crippen molar-refractivity contribution in [2.45, 2.75) is 30.9 Å². The molecule has 1 aliphatic heterocycles. The molecule has 1 aromatic rings. The minimum Gasteiger partial charge on any atom is -0.378 e. The highest BCUT2D eigenvalue weighted by Gasteiger charge is 2.30. The van der Waals surface area contributed by atoms with E-state index in [0.29, 0.717) is 19.7 Å². The van der Waals surface area contributed by atoms with Gasteiger partial charge in [-0.25, -0.2) is 13.4 Å². The van der Waals surface area contributed by atoms with Crippen molar-refractivity contribution in [3.05, 3.63) is 12.5 Å². The van der Waals surface area contributed by atoms with Crippen LogP contribution in [0.4, 0.5) is 0 Å². The number of H-pyrrole nitrogens is 1. The van der Waals surface area contributed by atoms with Gasteiger partial charge in [0.2, 0.25) is 0 Å². The zero-order chi connectivity index (χ0) is 12.3. The average Bonchev–Trinajstić information content (AvgIpc) is 2.84. The van der Waals surface area contributed by atoms with E-state index in [1.54, 1.807) is 0 Å². The molecule has 0 amide bonds. The van der Waals surface area contributed by atoms with Crippen LogP contribution in [0.3, 0.4) is 0 Å². The third-order valence-corrected chi connectivity index (χ3v) is 4.72. The minimum atomic E-state index is -3.40. The first-order valence-corrected chi connectivity index (χ1v) is 7.18. The number of hydrogen-bond acceptors (Lipinski definition) is 4. The molecule has 0 radical (unpaired) electrons. The molecule has 6 nitrogen and oxygen atoms in total. The predicted molar refractivity (Wildman–Crippen MR) is 62.0 cm³/mol. The molecule has 2 rings (SSSR count). The van der Waals surface area contributed by atoms with Crippen LogP contribution in [0, 0.1) is 0 Å². The Balaban J connectivity index is 2.01. The fourth-order valence-corrected chi connectivity index (χ4v) is 3.36. The number of piperidine rings is 1. The van der Waals surface area contributed by atoms with Gasteiger partial charge in [0.15, 0.2) is 5.03 Å². The van der Waals surface area contributed by atoms with E-state index in [2.05, 4.69) is 9.97 Å². The van der Waals surface area contributed by atoms with Crippen molar-refractivity contribution in [1.29, 1.82) is 0 Å². The normalized spacial score (nSPS) is 19.6. The summed E-state index contributed by atoms with van der Waals surface area (Å²) >= 11 is 0. The van der Waals surface area contributed by atoms with Gasteiger partial charge in [-0.2, -0.15) is 4.31 Å². The molecule has 96 valence electrons. The second-order valence-corrected chi connectivity index (χ2v) is 5.88. The van der Waals surface area contributed by atoms with E-state index in [1.807, 2.05) is 6.92 Å². The summed E-state index contributed by atoms with van der Waals surface area (Å²) in [4.78, 5) is 6.38. The topological polar surface area (TPSA) is 75.3 Å². The lowest BCUT2D eigenvalue weighted by atomic mass is 10.1. The Hall–Kier alpha value is -0.920. The van der Waals surface area contributed by atoms with Gasteiger partial charge in [-0.3, -0.25) is 0 Å². The summed E-state index contributed by atoms with van der Waals surface area (Å²) in [6, 6.07) is 0. The van der Waals surface area contributed by atoms with Crippen molar-refractivity contribution in [3.8, 4) is 0 Å². The van der Waals surface area contributed by atoms with Crippen molar-refractivity contribution in [2.75, 3.05) is 19.7 Å². The van der Waals surface area contributed by atoms with Gasteiger partial charge in [0.1, 0.15) is 0 Å². The van der Waals surface area contributed by atoms with Crippen LogP contribution in [0.25, 0.3) is 0 Å². The number of nitrogens with one attached hydrogen (secondary N) is 1. The van der Waals surface area contributed by atoms with Crippen LogP contribution in [0.1, 0.15) is 19.8 Å². The number of nitrogens with zero attached hydrogens (tertiary/aromatic N) is 2. The summed E-state index contributed by atoms with van der Waals surface area (Å²) in [5.41, 5.74) is 0. The van der Waals surface area contributed by atoms with Gasteiger partial charge in [0, 0.05) is 19.7 Å². The Morgan fingerprint density at radius 3 is 2.76 bits per heavy atom. The summed E-state index contributed by atoms with van der Waals surface area (Å²) in [5, 5.41) is 0.160. The van der Waals surface area contributed by atoms with Crippen molar-refractivity contribution in [3.63, 3.8) is 0 Å². The van der Waals surface area contributed by atoms with Gasteiger partial charge in [0.05, 0.1) is 18.6 Å².